The number of carbonyl (C=O) groups excluding carboxylic acids is 1. The van der Waals surface area contributed by atoms with E-state index in [2.05, 4.69) is 59.9 Å². The Morgan fingerprint density at radius 3 is 2.36 bits per heavy atom. The molecule has 0 saturated heterocycles. The van der Waals surface area contributed by atoms with Crippen molar-refractivity contribution in [3.63, 3.8) is 0 Å². The van der Waals surface area contributed by atoms with Gasteiger partial charge in [0, 0.05) is 5.69 Å². The van der Waals surface area contributed by atoms with Gasteiger partial charge in [-0.15, -0.1) is 0 Å². The van der Waals surface area contributed by atoms with E-state index in [1.54, 1.807) is 0 Å². The van der Waals surface area contributed by atoms with E-state index >= 15 is 0 Å². The van der Waals surface area contributed by atoms with Gasteiger partial charge in [0.1, 0.15) is 0 Å². The molecule has 0 heterocycles. The third-order valence-electron chi connectivity index (χ3n) is 6.37. The minimum atomic E-state index is -0.0610. The minimum absolute atomic E-state index is 0.0610. The van der Waals surface area contributed by atoms with Crippen LogP contribution in [0.5, 0.6) is 0 Å². The Hall–Kier alpha value is -2.87. The highest BCUT2D eigenvalue weighted by molar-refractivity contribution is 5.96. The molecule has 1 N–H and O–H groups in total. The second-order valence-corrected chi connectivity index (χ2v) is 8.13. The lowest BCUT2D eigenvalue weighted by atomic mass is 9.84. The Balaban J connectivity index is 1.40. The summed E-state index contributed by atoms with van der Waals surface area (Å²) in [6.45, 7) is 0. The Kier molecular flexibility index (Phi) is 4.48. The van der Waals surface area contributed by atoms with Crippen molar-refractivity contribution in [2.24, 2.45) is 5.92 Å². The number of anilines is 1. The molecule has 1 amide bonds. The van der Waals surface area contributed by atoms with Crippen molar-refractivity contribution in [2.75, 3.05) is 5.32 Å². The van der Waals surface area contributed by atoms with Gasteiger partial charge in [-0.25, -0.2) is 0 Å². The molecule has 5 rings (SSSR count). The maximum atomic E-state index is 13.3. The molecule has 0 bridgehead atoms. The molecule has 3 aromatic rings. The number of hydrogen-bond acceptors (Lipinski definition) is 1. The zero-order chi connectivity index (χ0) is 18.9. The Bertz CT molecular complexity index is 1000. The first kappa shape index (κ1) is 17.2. The predicted octanol–water partition coefficient (Wildman–Crippen LogP) is 6.17. The van der Waals surface area contributed by atoms with E-state index in [1.165, 1.54) is 35.1 Å². The van der Waals surface area contributed by atoms with E-state index in [0.29, 0.717) is 5.92 Å². The average Bonchev–Trinajstić information content (AvgIpc) is 3.36. The minimum Gasteiger partial charge on any atom is -0.326 e. The topological polar surface area (TPSA) is 29.1 Å². The van der Waals surface area contributed by atoms with E-state index in [4.69, 9.17) is 0 Å². The van der Waals surface area contributed by atoms with Crippen LogP contribution >= 0.6 is 0 Å². The summed E-state index contributed by atoms with van der Waals surface area (Å²) < 4.78 is 0. The number of carbonyl (C=O) groups is 1. The summed E-state index contributed by atoms with van der Waals surface area (Å²) in [4.78, 5) is 13.3. The van der Waals surface area contributed by atoms with Gasteiger partial charge in [-0.1, -0.05) is 73.5 Å². The molecule has 3 aromatic carbocycles. The lowest BCUT2D eigenvalue weighted by molar-refractivity contribution is -0.118. The van der Waals surface area contributed by atoms with Gasteiger partial charge in [-0.05, 0) is 65.1 Å². The molecule has 0 spiro atoms. The van der Waals surface area contributed by atoms with Crippen LogP contribution < -0.4 is 5.32 Å². The quantitative estimate of drug-likeness (QED) is 0.459. The molecule has 0 radical (unpaired) electrons. The maximum absolute atomic E-state index is 13.3. The lowest BCUT2D eigenvalue weighted by Gasteiger charge is -2.23. The van der Waals surface area contributed by atoms with Gasteiger partial charge in [-0.3, -0.25) is 4.79 Å². The summed E-state index contributed by atoms with van der Waals surface area (Å²) in [5.41, 5.74) is 7.34. The largest absolute Gasteiger partial charge is 0.326 e. The summed E-state index contributed by atoms with van der Waals surface area (Å²) in [5, 5.41) is 3.23. The van der Waals surface area contributed by atoms with Gasteiger partial charge in [0.15, 0.2) is 0 Å². The maximum Gasteiger partial charge on any atom is 0.232 e. The molecule has 1 atom stereocenters. The number of hydrogen-bond donors (Lipinski definition) is 1. The monoisotopic (exact) mass is 367 g/mol. The standard InChI is InChI=1S/C26H25NO/c28-26(25(19-10-4-5-11-19)18-8-2-1-3-9-18)27-22-14-15-24-21(17-22)16-20-12-6-7-13-23(20)24/h1-3,6-9,12-15,17,19,25H,4-5,10-11,16H2,(H,27,28)/t25-/m1/s1. The Labute approximate surface area is 166 Å². The molecule has 0 aliphatic heterocycles. The summed E-state index contributed by atoms with van der Waals surface area (Å²) >= 11 is 0. The van der Waals surface area contributed by atoms with Crippen LogP contribution in [0.15, 0.2) is 72.8 Å². The van der Waals surface area contributed by atoms with Crippen molar-refractivity contribution < 1.29 is 4.79 Å². The average molecular weight is 367 g/mol. The summed E-state index contributed by atoms with van der Waals surface area (Å²) in [5.74, 6) is 0.517. The van der Waals surface area contributed by atoms with Gasteiger partial charge in [0.25, 0.3) is 0 Å². The van der Waals surface area contributed by atoms with Crippen LogP contribution in [0, 0.1) is 5.92 Å². The van der Waals surface area contributed by atoms with E-state index in [9.17, 15) is 4.79 Å². The highest BCUT2D eigenvalue weighted by Crippen LogP contribution is 2.40. The highest BCUT2D eigenvalue weighted by Gasteiger charge is 2.32. The van der Waals surface area contributed by atoms with Crippen LogP contribution in [0.4, 0.5) is 5.69 Å². The van der Waals surface area contributed by atoms with E-state index in [-0.39, 0.29) is 11.8 Å². The second kappa shape index (κ2) is 7.27. The van der Waals surface area contributed by atoms with Crippen LogP contribution in [-0.4, -0.2) is 5.91 Å². The second-order valence-electron chi connectivity index (χ2n) is 8.13. The molecule has 2 aliphatic rings. The summed E-state index contributed by atoms with van der Waals surface area (Å²) in [6, 6.07) is 25.2. The SMILES string of the molecule is O=C(Nc1ccc2c(c1)Cc1ccccc1-2)[C@H](c1ccccc1)C1CCCC1. The number of rotatable bonds is 4. The van der Waals surface area contributed by atoms with E-state index in [1.807, 2.05) is 18.2 Å². The van der Waals surface area contributed by atoms with Crippen LogP contribution in [0.3, 0.4) is 0 Å². The van der Waals surface area contributed by atoms with E-state index in [0.717, 1.165) is 30.5 Å². The molecular formula is C26H25NO. The molecule has 1 fully saturated rings. The molecular weight excluding hydrogens is 342 g/mol. The van der Waals surface area contributed by atoms with Crippen LogP contribution in [0.2, 0.25) is 0 Å². The predicted molar refractivity (Wildman–Crippen MR) is 114 cm³/mol. The number of amides is 1. The first-order valence-corrected chi connectivity index (χ1v) is 10.4. The van der Waals surface area contributed by atoms with E-state index < -0.39 is 0 Å². The number of nitrogens with one attached hydrogen (secondary N) is 1. The summed E-state index contributed by atoms with van der Waals surface area (Å²) in [7, 11) is 0. The third kappa shape index (κ3) is 3.13. The zero-order valence-corrected chi connectivity index (χ0v) is 16.0. The van der Waals surface area contributed by atoms with Gasteiger partial charge in [0.05, 0.1) is 5.92 Å². The molecule has 28 heavy (non-hydrogen) atoms. The van der Waals surface area contributed by atoms with Crippen molar-refractivity contribution in [2.45, 2.75) is 38.0 Å². The summed E-state index contributed by atoms with van der Waals surface area (Å²) in [6.07, 6.45) is 5.70. The van der Waals surface area contributed by atoms with Gasteiger partial charge in [-0.2, -0.15) is 0 Å². The van der Waals surface area contributed by atoms with Crippen molar-refractivity contribution in [1.29, 1.82) is 0 Å². The van der Waals surface area contributed by atoms with Gasteiger partial charge in [0.2, 0.25) is 5.91 Å². The van der Waals surface area contributed by atoms with Crippen molar-refractivity contribution in [3.8, 4) is 11.1 Å². The zero-order valence-electron chi connectivity index (χ0n) is 16.0. The van der Waals surface area contributed by atoms with Crippen LogP contribution in [0.25, 0.3) is 11.1 Å². The van der Waals surface area contributed by atoms with Crippen molar-refractivity contribution in [3.05, 3.63) is 89.5 Å². The number of fused-ring (bicyclic) bond motifs is 3. The smallest absolute Gasteiger partial charge is 0.232 e. The van der Waals surface area contributed by atoms with Crippen LogP contribution in [0.1, 0.15) is 48.3 Å². The molecule has 0 unspecified atom stereocenters. The highest BCUT2D eigenvalue weighted by atomic mass is 16.1. The van der Waals surface area contributed by atoms with Gasteiger partial charge >= 0.3 is 0 Å². The molecule has 2 aliphatic carbocycles. The molecule has 2 heteroatoms. The van der Waals surface area contributed by atoms with Crippen molar-refractivity contribution >= 4 is 11.6 Å². The Morgan fingerprint density at radius 2 is 1.54 bits per heavy atom. The third-order valence-corrected chi connectivity index (χ3v) is 6.37. The first-order chi connectivity index (χ1) is 13.8. The number of benzene rings is 3. The molecule has 140 valence electrons. The Morgan fingerprint density at radius 1 is 0.821 bits per heavy atom. The molecule has 0 aromatic heterocycles. The molecule has 2 nitrogen and oxygen atoms in total. The lowest BCUT2D eigenvalue weighted by Crippen LogP contribution is -2.26. The normalized spacial score (nSPS) is 16.4. The fourth-order valence-corrected chi connectivity index (χ4v) is 5.03. The van der Waals surface area contributed by atoms with Gasteiger partial charge < -0.3 is 5.32 Å². The van der Waals surface area contributed by atoms with Crippen molar-refractivity contribution in [1.82, 2.24) is 0 Å². The first-order valence-electron chi connectivity index (χ1n) is 10.4. The fraction of sp³-hybridized carbons (Fsp3) is 0.269. The van der Waals surface area contributed by atoms with Crippen LogP contribution in [-0.2, 0) is 11.2 Å². The fourth-order valence-electron chi connectivity index (χ4n) is 5.03. The molecule has 1 saturated carbocycles.